The highest BCUT2D eigenvalue weighted by Crippen LogP contribution is 2.07. The van der Waals surface area contributed by atoms with Crippen molar-refractivity contribution in [2.24, 2.45) is 11.8 Å². The lowest BCUT2D eigenvalue weighted by Gasteiger charge is -2.10. The van der Waals surface area contributed by atoms with Crippen molar-refractivity contribution in [3.8, 4) is 0 Å². The molecule has 0 rings (SSSR count). The first-order chi connectivity index (χ1) is 9.76. The highest BCUT2D eigenvalue weighted by molar-refractivity contribution is 7.88. The summed E-state index contributed by atoms with van der Waals surface area (Å²) in [5.74, 6) is 0.955. The van der Waals surface area contributed by atoms with Gasteiger partial charge >= 0.3 is 0 Å². The van der Waals surface area contributed by atoms with Crippen LogP contribution in [0.15, 0.2) is 0 Å². The van der Waals surface area contributed by atoms with E-state index in [1.807, 2.05) is 0 Å². The summed E-state index contributed by atoms with van der Waals surface area (Å²) in [6.07, 6.45) is 9.68. The number of sulfonamides is 1. The molecule has 0 radical (unpaired) electrons. The Bertz CT molecular complexity index is 305. The maximum absolute atomic E-state index is 10.7. The van der Waals surface area contributed by atoms with Gasteiger partial charge in [0.15, 0.2) is 0 Å². The Hall–Kier alpha value is -0.130. The number of rotatable bonds is 11. The van der Waals surface area contributed by atoms with E-state index in [9.17, 15) is 8.42 Å². The molecule has 0 amide bonds. The Morgan fingerprint density at radius 1 is 0.952 bits per heavy atom. The van der Waals surface area contributed by atoms with Crippen LogP contribution < -0.4 is 4.72 Å². The second-order valence-corrected chi connectivity index (χ2v) is 7.98. The number of hydrogen-bond acceptors (Lipinski definition) is 3. The van der Waals surface area contributed by atoms with Crippen molar-refractivity contribution in [2.75, 3.05) is 19.4 Å². The molecule has 0 heterocycles. The first-order valence-electron chi connectivity index (χ1n) is 8.32. The summed E-state index contributed by atoms with van der Waals surface area (Å²) < 4.78 is 23.9. The van der Waals surface area contributed by atoms with Gasteiger partial charge in [0, 0.05) is 13.2 Å². The molecule has 0 aliphatic heterocycles. The third-order valence-electron chi connectivity index (χ3n) is 3.36. The zero-order valence-electron chi connectivity index (χ0n) is 14.7. The van der Waals surface area contributed by atoms with Gasteiger partial charge in [-0.05, 0) is 24.7 Å². The van der Waals surface area contributed by atoms with Crippen molar-refractivity contribution in [1.29, 1.82) is 0 Å². The summed E-state index contributed by atoms with van der Waals surface area (Å²) in [6, 6.07) is 0. The molecule has 5 heteroatoms. The molecule has 0 aromatic carbocycles. The first kappa shape index (κ1) is 23.1. The van der Waals surface area contributed by atoms with Crippen LogP contribution in [0.3, 0.4) is 0 Å². The lowest BCUT2D eigenvalue weighted by molar-refractivity contribution is 0.227. The molecule has 0 saturated heterocycles. The molecule has 130 valence electrons. The van der Waals surface area contributed by atoms with Crippen molar-refractivity contribution in [1.82, 2.24) is 4.72 Å². The number of aliphatic hydroxyl groups excluding tert-OH is 1. The summed E-state index contributed by atoms with van der Waals surface area (Å²) in [5, 5.41) is 8.63. The van der Waals surface area contributed by atoms with Gasteiger partial charge < -0.3 is 5.11 Å². The topological polar surface area (TPSA) is 66.4 Å². The van der Waals surface area contributed by atoms with E-state index in [0.717, 1.165) is 6.42 Å². The zero-order valence-corrected chi connectivity index (χ0v) is 15.5. The molecule has 4 nitrogen and oxygen atoms in total. The van der Waals surface area contributed by atoms with Gasteiger partial charge in [-0.1, -0.05) is 59.8 Å². The fraction of sp³-hybridized carbons (Fsp3) is 1.00. The minimum Gasteiger partial charge on any atom is -0.396 e. The lowest BCUT2D eigenvalue weighted by Crippen LogP contribution is -2.27. The van der Waals surface area contributed by atoms with E-state index in [1.54, 1.807) is 0 Å². The Kier molecular flexibility index (Phi) is 16.3. The summed E-state index contributed by atoms with van der Waals surface area (Å²) in [6.45, 7) is 9.41. The van der Waals surface area contributed by atoms with Crippen LogP contribution in [0.5, 0.6) is 0 Å². The van der Waals surface area contributed by atoms with E-state index in [4.69, 9.17) is 5.11 Å². The van der Waals surface area contributed by atoms with E-state index in [1.165, 1.54) is 44.8 Å². The van der Waals surface area contributed by atoms with E-state index in [2.05, 4.69) is 32.4 Å². The van der Waals surface area contributed by atoms with Gasteiger partial charge in [-0.25, -0.2) is 13.1 Å². The molecular formula is C16H37NO3S. The monoisotopic (exact) mass is 323 g/mol. The zero-order chi connectivity index (χ0) is 16.7. The molecule has 0 aliphatic carbocycles. The fourth-order valence-electron chi connectivity index (χ4n) is 1.78. The summed E-state index contributed by atoms with van der Waals surface area (Å²) in [4.78, 5) is 0. The Labute approximate surface area is 132 Å². The molecule has 0 aliphatic rings. The van der Waals surface area contributed by atoms with Crippen molar-refractivity contribution in [2.45, 2.75) is 72.6 Å². The Balaban J connectivity index is 0. The van der Waals surface area contributed by atoms with Crippen LogP contribution in [0.4, 0.5) is 0 Å². The quantitative estimate of drug-likeness (QED) is 0.571. The average Bonchev–Trinajstić information content (AvgIpc) is 2.42. The van der Waals surface area contributed by atoms with Crippen molar-refractivity contribution in [3.63, 3.8) is 0 Å². The van der Waals surface area contributed by atoms with Gasteiger partial charge in [0.05, 0.1) is 6.26 Å². The number of hydrogen-bond donors (Lipinski definition) is 2. The van der Waals surface area contributed by atoms with Crippen molar-refractivity contribution >= 4 is 10.0 Å². The summed E-state index contributed by atoms with van der Waals surface area (Å²) >= 11 is 0. The molecule has 0 saturated carbocycles. The Morgan fingerprint density at radius 2 is 1.48 bits per heavy atom. The molecule has 0 unspecified atom stereocenters. The molecule has 0 aromatic heterocycles. The molecule has 0 bridgehead atoms. The number of aliphatic hydroxyl groups is 1. The number of nitrogens with one attached hydrogen (secondary N) is 1. The molecule has 21 heavy (non-hydrogen) atoms. The van der Waals surface area contributed by atoms with Crippen LogP contribution in [0, 0.1) is 11.8 Å². The summed E-state index contributed by atoms with van der Waals surface area (Å²) in [5.41, 5.74) is 0. The normalized spacial score (nSPS) is 14.2. The van der Waals surface area contributed by atoms with Gasteiger partial charge in [0.25, 0.3) is 0 Å². The van der Waals surface area contributed by atoms with Gasteiger partial charge in [0.2, 0.25) is 10.0 Å². The predicted molar refractivity (Wildman–Crippen MR) is 91.9 cm³/mol. The van der Waals surface area contributed by atoms with E-state index >= 15 is 0 Å². The minimum absolute atomic E-state index is 0.351. The van der Waals surface area contributed by atoms with Gasteiger partial charge in [-0.15, -0.1) is 0 Å². The average molecular weight is 324 g/mol. The molecule has 0 spiro atoms. The van der Waals surface area contributed by atoms with Crippen LogP contribution in [0.2, 0.25) is 0 Å². The van der Waals surface area contributed by atoms with Crippen LogP contribution in [-0.4, -0.2) is 32.9 Å². The molecule has 0 fully saturated rings. The standard InChI is InChI=1S/C8H19NO2S.C8H18O/c1-4-5-6-8(2)7-9-12(3,10)11;1-3-4-5-6-8(2)7-9/h8-9H,4-7H2,1-3H3;8-9H,3-7H2,1-2H3/t2*8-/m11/s1. The Morgan fingerprint density at radius 3 is 1.90 bits per heavy atom. The van der Waals surface area contributed by atoms with Crippen LogP contribution in [0.1, 0.15) is 72.6 Å². The highest BCUT2D eigenvalue weighted by Gasteiger charge is 2.05. The van der Waals surface area contributed by atoms with E-state index in [-0.39, 0.29) is 0 Å². The van der Waals surface area contributed by atoms with Crippen LogP contribution in [0.25, 0.3) is 0 Å². The lowest BCUT2D eigenvalue weighted by atomic mass is 10.0. The molecule has 2 atom stereocenters. The third-order valence-corrected chi connectivity index (χ3v) is 4.05. The van der Waals surface area contributed by atoms with E-state index in [0.29, 0.717) is 25.0 Å². The third kappa shape index (κ3) is 22.3. The number of unbranched alkanes of at least 4 members (excludes halogenated alkanes) is 3. The van der Waals surface area contributed by atoms with Crippen LogP contribution >= 0.6 is 0 Å². The molecular weight excluding hydrogens is 286 g/mol. The van der Waals surface area contributed by atoms with Crippen molar-refractivity contribution < 1.29 is 13.5 Å². The maximum atomic E-state index is 10.7. The molecule has 0 aromatic rings. The second-order valence-electron chi connectivity index (χ2n) is 6.15. The van der Waals surface area contributed by atoms with Gasteiger partial charge in [-0.2, -0.15) is 0 Å². The first-order valence-corrected chi connectivity index (χ1v) is 10.2. The summed E-state index contributed by atoms with van der Waals surface area (Å²) in [7, 11) is -2.99. The van der Waals surface area contributed by atoms with Gasteiger partial charge in [0.1, 0.15) is 0 Å². The molecule has 2 N–H and O–H groups in total. The highest BCUT2D eigenvalue weighted by atomic mass is 32.2. The van der Waals surface area contributed by atoms with Gasteiger partial charge in [-0.3, -0.25) is 0 Å². The fourth-order valence-corrected chi connectivity index (χ4v) is 2.37. The van der Waals surface area contributed by atoms with Crippen molar-refractivity contribution in [3.05, 3.63) is 0 Å². The second kappa shape index (κ2) is 14.8. The maximum Gasteiger partial charge on any atom is 0.208 e. The minimum atomic E-state index is -2.99. The SMILES string of the molecule is CCCCC[C@@H](C)CO.CCCC[C@@H](C)CNS(C)(=O)=O. The predicted octanol–water partition coefficient (Wildman–Crippen LogP) is 3.56. The van der Waals surface area contributed by atoms with E-state index < -0.39 is 10.0 Å². The van der Waals surface area contributed by atoms with Crippen LogP contribution in [-0.2, 0) is 10.0 Å². The largest absolute Gasteiger partial charge is 0.396 e. The smallest absolute Gasteiger partial charge is 0.208 e.